The molecule has 0 unspecified atom stereocenters. The van der Waals surface area contributed by atoms with Gasteiger partial charge < -0.3 is 9.88 Å². The number of aromatic nitrogens is 3. The molecule has 1 aromatic heterocycles. The molecular weight excluding hydrogens is 372 g/mol. The summed E-state index contributed by atoms with van der Waals surface area (Å²) in [6, 6.07) is 14.7. The summed E-state index contributed by atoms with van der Waals surface area (Å²) >= 11 is 0. The highest BCUT2D eigenvalue weighted by Gasteiger charge is 2.17. The third kappa shape index (κ3) is 4.61. The van der Waals surface area contributed by atoms with E-state index in [4.69, 9.17) is 0 Å². The fourth-order valence-electron chi connectivity index (χ4n) is 4.01. The highest BCUT2D eigenvalue weighted by Crippen LogP contribution is 2.27. The van der Waals surface area contributed by atoms with Crippen LogP contribution < -0.4 is 5.32 Å². The number of nitrogens with zero attached hydrogens (tertiary/aromatic N) is 3. The molecule has 5 nitrogen and oxygen atoms in total. The Morgan fingerprint density at radius 3 is 2.63 bits per heavy atom. The molecule has 1 aliphatic rings. The number of anilines is 1. The molecule has 2 aromatic carbocycles. The minimum absolute atomic E-state index is 0.0369. The molecule has 0 radical (unpaired) electrons. The van der Waals surface area contributed by atoms with Crippen molar-refractivity contribution in [3.8, 4) is 11.4 Å². The van der Waals surface area contributed by atoms with Crippen LogP contribution in [0.4, 0.5) is 5.69 Å². The highest BCUT2D eigenvalue weighted by atomic mass is 16.1. The average molecular weight is 403 g/mol. The van der Waals surface area contributed by atoms with Crippen molar-refractivity contribution in [3.63, 3.8) is 0 Å². The van der Waals surface area contributed by atoms with E-state index in [-0.39, 0.29) is 5.91 Å². The van der Waals surface area contributed by atoms with E-state index in [2.05, 4.69) is 57.3 Å². The first kappa shape index (κ1) is 20.3. The third-order valence-corrected chi connectivity index (χ3v) is 5.95. The van der Waals surface area contributed by atoms with E-state index in [1.54, 1.807) is 0 Å². The van der Waals surface area contributed by atoms with Crippen molar-refractivity contribution in [1.82, 2.24) is 14.8 Å². The maximum atomic E-state index is 12.6. The van der Waals surface area contributed by atoms with Crippen molar-refractivity contribution < 1.29 is 4.79 Å². The van der Waals surface area contributed by atoms with E-state index in [0.717, 1.165) is 60.7 Å². The van der Waals surface area contributed by atoms with Gasteiger partial charge in [-0.3, -0.25) is 4.79 Å². The predicted octanol–water partition coefficient (Wildman–Crippen LogP) is 5.11. The van der Waals surface area contributed by atoms with Crippen molar-refractivity contribution in [3.05, 3.63) is 65.0 Å². The first-order valence-electron chi connectivity index (χ1n) is 11.0. The Hall–Kier alpha value is -2.95. The molecule has 0 atom stereocenters. The summed E-state index contributed by atoms with van der Waals surface area (Å²) in [6.07, 6.45) is 6.80. The number of fused-ring (bicyclic) bond motifs is 1. The number of hydrogen-bond donors (Lipinski definition) is 1. The van der Waals surface area contributed by atoms with Crippen molar-refractivity contribution in [2.75, 3.05) is 5.32 Å². The largest absolute Gasteiger partial charge is 0.326 e. The molecule has 0 saturated heterocycles. The lowest BCUT2D eigenvalue weighted by Crippen LogP contribution is -2.13. The Labute approximate surface area is 178 Å². The molecule has 4 rings (SSSR count). The summed E-state index contributed by atoms with van der Waals surface area (Å²) in [5.74, 6) is 2.01. The van der Waals surface area contributed by atoms with Crippen LogP contribution in [0.15, 0.2) is 42.5 Å². The summed E-state index contributed by atoms with van der Waals surface area (Å²) in [7, 11) is 0. The van der Waals surface area contributed by atoms with Crippen LogP contribution in [0.3, 0.4) is 0 Å². The van der Waals surface area contributed by atoms with E-state index in [0.29, 0.717) is 6.42 Å². The van der Waals surface area contributed by atoms with Gasteiger partial charge in [0.15, 0.2) is 5.82 Å². The van der Waals surface area contributed by atoms with Gasteiger partial charge in [-0.25, -0.2) is 0 Å². The van der Waals surface area contributed by atoms with Crippen molar-refractivity contribution in [2.45, 2.75) is 65.3 Å². The minimum atomic E-state index is 0.0369. The average Bonchev–Trinajstić information content (AvgIpc) is 3.02. The molecule has 1 amide bonds. The fraction of sp³-hybridized carbons (Fsp3) is 0.400. The van der Waals surface area contributed by atoms with Crippen LogP contribution in [0.2, 0.25) is 0 Å². The Kier molecular flexibility index (Phi) is 6.26. The number of hydrogen-bond acceptors (Lipinski definition) is 3. The Balaban J connectivity index is 1.45. The van der Waals surface area contributed by atoms with Crippen molar-refractivity contribution in [2.24, 2.45) is 0 Å². The molecule has 1 aliphatic heterocycles. The molecule has 0 fully saturated rings. The fourth-order valence-corrected chi connectivity index (χ4v) is 4.01. The monoisotopic (exact) mass is 402 g/mol. The van der Waals surface area contributed by atoms with Gasteiger partial charge in [-0.15, -0.1) is 10.2 Å². The van der Waals surface area contributed by atoms with E-state index in [1.807, 2.05) is 19.1 Å². The maximum Gasteiger partial charge on any atom is 0.224 e. The lowest BCUT2D eigenvalue weighted by Gasteiger charge is -2.12. The van der Waals surface area contributed by atoms with Crippen LogP contribution in [-0.4, -0.2) is 20.7 Å². The summed E-state index contributed by atoms with van der Waals surface area (Å²) < 4.78 is 2.24. The Morgan fingerprint density at radius 2 is 1.83 bits per heavy atom. The molecular formula is C25H30N4O. The van der Waals surface area contributed by atoms with E-state index < -0.39 is 0 Å². The Morgan fingerprint density at radius 1 is 1.03 bits per heavy atom. The molecule has 1 N–H and O–H groups in total. The topological polar surface area (TPSA) is 59.8 Å². The second-order valence-electron chi connectivity index (χ2n) is 8.15. The van der Waals surface area contributed by atoms with Crippen LogP contribution in [0.25, 0.3) is 11.4 Å². The van der Waals surface area contributed by atoms with Gasteiger partial charge in [0.1, 0.15) is 5.82 Å². The molecule has 5 heteroatoms. The Bertz CT molecular complexity index is 1020. The zero-order chi connectivity index (χ0) is 20.9. The number of aryl methyl sites for hydroxylation is 4. The van der Waals surface area contributed by atoms with Gasteiger partial charge in [0.2, 0.25) is 5.91 Å². The molecule has 0 spiro atoms. The number of carbonyl (C=O) groups is 1. The van der Waals surface area contributed by atoms with Gasteiger partial charge in [-0.2, -0.15) is 0 Å². The SMILES string of the molecule is CCc1ccc(CCC(=O)Nc2cc(-c3nnc4n3CCCCC4)ccc2C)cc1. The zero-order valence-electron chi connectivity index (χ0n) is 17.9. The number of carbonyl (C=O) groups excluding carboxylic acids is 1. The normalized spacial score (nSPS) is 13.5. The van der Waals surface area contributed by atoms with E-state index >= 15 is 0 Å². The first-order chi connectivity index (χ1) is 14.6. The number of nitrogens with one attached hydrogen (secondary N) is 1. The highest BCUT2D eigenvalue weighted by molar-refractivity contribution is 5.92. The van der Waals surface area contributed by atoms with Gasteiger partial charge >= 0.3 is 0 Å². The predicted molar refractivity (Wildman–Crippen MR) is 121 cm³/mol. The van der Waals surface area contributed by atoms with Gasteiger partial charge in [0, 0.05) is 30.6 Å². The maximum absolute atomic E-state index is 12.6. The van der Waals surface area contributed by atoms with Crippen LogP contribution in [0.5, 0.6) is 0 Å². The lowest BCUT2D eigenvalue weighted by atomic mass is 10.1. The van der Waals surface area contributed by atoms with E-state index in [1.165, 1.54) is 24.0 Å². The lowest BCUT2D eigenvalue weighted by molar-refractivity contribution is -0.116. The van der Waals surface area contributed by atoms with Gasteiger partial charge in [0.05, 0.1) is 0 Å². The van der Waals surface area contributed by atoms with Gasteiger partial charge in [0.25, 0.3) is 0 Å². The van der Waals surface area contributed by atoms with Gasteiger partial charge in [-0.05, 0) is 55.4 Å². The summed E-state index contributed by atoms with van der Waals surface area (Å²) in [4.78, 5) is 12.6. The second kappa shape index (κ2) is 9.24. The van der Waals surface area contributed by atoms with E-state index in [9.17, 15) is 4.79 Å². The quantitative estimate of drug-likeness (QED) is 0.623. The molecule has 2 heterocycles. The summed E-state index contributed by atoms with van der Waals surface area (Å²) in [5.41, 5.74) is 5.42. The smallest absolute Gasteiger partial charge is 0.224 e. The van der Waals surface area contributed by atoms with Gasteiger partial charge in [-0.1, -0.05) is 49.7 Å². The standard InChI is InChI=1S/C25H30N4O/c1-3-19-9-11-20(12-10-19)13-15-24(30)26-22-17-21(14-8-18(22)2)25-28-27-23-7-5-4-6-16-29(23)25/h8-12,14,17H,3-7,13,15-16H2,1-2H3,(H,26,30). The van der Waals surface area contributed by atoms with Crippen LogP contribution >= 0.6 is 0 Å². The number of rotatable bonds is 6. The second-order valence-corrected chi connectivity index (χ2v) is 8.15. The van der Waals surface area contributed by atoms with Crippen LogP contribution in [0, 0.1) is 6.92 Å². The molecule has 156 valence electrons. The number of benzene rings is 2. The van der Waals surface area contributed by atoms with Crippen molar-refractivity contribution >= 4 is 11.6 Å². The summed E-state index contributed by atoms with van der Waals surface area (Å²) in [5, 5.41) is 12.0. The zero-order valence-corrected chi connectivity index (χ0v) is 17.9. The molecule has 3 aromatic rings. The first-order valence-corrected chi connectivity index (χ1v) is 11.0. The van der Waals surface area contributed by atoms with Crippen molar-refractivity contribution in [1.29, 1.82) is 0 Å². The van der Waals surface area contributed by atoms with Crippen LogP contribution in [0.1, 0.15) is 55.1 Å². The molecule has 30 heavy (non-hydrogen) atoms. The molecule has 0 bridgehead atoms. The number of amides is 1. The molecule has 0 aliphatic carbocycles. The summed E-state index contributed by atoms with van der Waals surface area (Å²) in [6.45, 7) is 5.13. The minimum Gasteiger partial charge on any atom is -0.326 e. The van der Waals surface area contributed by atoms with Crippen LogP contribution in [-0.2, 0) is 30.6 Å². The molecule has 0 saturated carbocycles. The third-order valence-electron chi connectivity index (χ3n) is 5.95.